The zero-order chi connectivity index (χ0) is 19.8. The molecular weight excluding hydrogens is 352 g/mol. The van der Waals surface area contributed by atoms with E-state index in [1.54, 1.807) is 13.8 Å². The van der Waals surface area contributed by atoms with Crippen LogP contribution in [0.2, 0.25) is 0 Å². The number of carbonyl (C=O) groups excluding carboxylic acids is 1. The van der Waals surface area contributed by atoms with Crippen LogP contribution in [0.1, 0.15) is 45.1 Å². The average molecular weight is 376 g/mol. The summed E-state index contributed by atoms with van der Waals surface area (Å²) in [6, 6.07) is 4.42. The molecule has 0 radical (unpaired) electrons. The van der Waals surface area contributed by atoms with Gasteiger partial charge in [-0.2, -0.15) is 8.42 Å². The Morgan fingerprint density at radius 3 is 1.81 bits per heavy atom. The van der Waals surface area contributed by atoms with E-state index in [1.165, 1.54) is 32.2 Å². The van der Waals surface area contributed by atoms with Gasteiger partial charge in [0.2, 0.25) is 0 Å². The summed E-state index contributed by atoms with van der Waals surface area (Å²) in [5.74, 6) is 0.0958. The number of rotatable bonds is 5. The summed E-state index contributed by atoms with van der Waals surface area (Å²) in [4.78, 5) is 11.7. The lowest BCUT2D eigenvalue weighted by atomic mass is 9.95. The maximum absolute atomic E-state index is 13.0. The molecule has 26 heavy (non-hydrogen) atoms. The van der Waals surface area contributed by atoms with Gasteiger partial charge in [-0.25, -0.2) is 0 Å². The lowest BCUT2D eigenvalue weighted by Crippen LogP contribution is -2.16. The van der Waals surface area contributed by atoms with Crippen molar-refractivity contribution >= 4 is 15.9 Å². The summed E-state index contributed by atoms with van der Waals surface area (Å²) in [6.07, 6.45) is 0. The fraction of sp³-hybridized carbons (Fsp3) is 0.350. The van der Waals surface area contributed by atoms with E-state index in [1.807, 2.05) is 20.8 Å². The second-order valence-electron chi connectivity index (χ2n) is 6.41. The highest BCUT2D eigenvalue weighted by molar-refractivity contribution is 7.87. The summed E-state index contributed by atoms with van der Waals surface area (Å²) < 4.78 is 36.6. The molecule has 2 rings (SSSR count). The Bertz CT molecular complexity index is 959. The van der Waals surface area contributed by atoms with E-state index in [9.17, 15) is 13.2 Å². The molecule has 2 aromatic rings. The van der Waals surface area contributed by atoms with Gasteiger partial charge in [0.1, 0.15) is 4.90 Å². The highest BCUT2D eigenvalue weighted by Gasteiger charge is 2.27. The van der Waals surface area contributed by atoms with E-state index < -0.39 is 10.1 Å². The van der Waals surface area contributed by atoms with E-state index in [4.69, 9.17) is 8.92 Å². The molecule has 0 spiro atoms. The maximum Gasteiger partial charge on any atom is 0.339 e. The quantitative estimate of drug-likeness (QED) is 0.577. The minimum absolute atomic E-state index is 0.0483. The van der Waals surface area contributed by atoms with Gasteiger partial charge >= 0.3 is 10.1 Å². The van der Waals surface area contributed by atoms with Crippen LogP contribution >= 0.6 is 0 Å². The Morgan fingerprint density at radius 2 is 1.35 bits per heavy atom. The first-order chi connectivity index (χ1) is 12.0. The van der Waals surface area contributed by atoms with Crippen molar-refractivity contribution in [2.75, 3.05) is 7.11 Å². The monoisotopic (exact) mass is 376 g/mol. The molecule has 0 aliphatic heterocycles. The van der Waals surface area contributed by atoms with Gasteiger partial charge in [0.25, 0.3) is 0 Å². The van der Waals surface area contributed by atoms with Gasteiger partial charge in [-0.1, -0.05) is 0 Å². The molecule has 0 aromatic heterocycles. The number of hydrogen-bond acceptors (Lipinski definition) is 5. The number of ketones is 1. The number of ether oxygens (including phenoxy) is 1. The number of Topliss-reactive ketones (excluding diaryl/α,β-unsaturated/α-hetero) is 1. The first-order valence-electron chi connectivity index (χ1n) is 8.21. The number of hydrogen-bond donors (Lipinski definition) is 0. The molecule has 6 heteroatoms. The summed E-state index contributed by atoms with van der Waals surface area (Å²) >= 11 is 0. The topological polar surface area (TPSA) is 69.7 Å². The summed E-state index contributed by atoms with van der Waals surface area (Å²) in [5, 5.41) is 0. The molecule has 0 saturated carbocycles. The van der Waals surface area contributed by atoms with Crippen LogP contribution in [0, 0.1) is 34.6 Å². The van der Waals surface area contributed by atoms with Crippen LogP contribution in [0.3, 0.4) is 0 Å². The standard InChI is InChI=1S/C20H24O5S/c1-11-12(2)14(4)20(15(5)13(11)3)26(22,23)25-18-9-8-17(16(6)21)10-19(18)24-7/h8-10H,1-7H3. The molecule has 0 bridgehead atoms. The van der Waals surface area contributed by atoms with Crippen molar-refractivity contribution in [3.63, 3.8) is 0 Å². The molecule has 0 unspecified atom stereocenters. The number of carbonyl (C=O) groups is 1. The lowest BCUT2D eigenvalue weighted by molar-refractivity contribution is 0.101. The van der Waals surface area contributed by atoms with Crippen LogP contribution in [0.4, 0.5) is 0 Å². The highest BCUT2D eigenvalue weighted by Crippen LogP contribution is 2.35. The molecule has 0 N–H and O–H groups in total. The fourth-order valence-corrected chi connectivity index (χ4v) is 4.47. The SMILES string of the molecule is COc1cc(C(C)=O)ccc1OS(=O)(=O)c1c(C)c(C)c(C)c(C)c1C. The molecule has 0 fully saturated rings. The van der Waals surface area contributed by atoms with Gasteiger partial charge in [0.15, 0.2) is 17.3 Å². The van der Waals surface area contributed by atoms with Gasteiger partial charge in [0.05, 0.1) is 7.11 Å². The predicted molar refractivity (Wildman–Crippen MR) is 101 cm³/mol. The summed E-state index contributed by atoms with van der Waals surface area (Å²) in [7, 11) is -2.67. The zero-order valence-electron chi connectivity index (χ0n) is 16.2. The van der Waals surface area contributed by atoms with Crippen LogP contribution in [-0.4, -0.2) is 21.3 Å². The largest absolute Gasteiger partial charge is 0.493 e. The van der Waals surface area contributed by atoms with Gasteiger partial charge in [0, 0.05) is 5.56 Å². The van der Waals surface area contributed by atoms with E-state index >= 15 is 0 Å². The van der Waals surface area contributed by atoms with E-state index in [-0.39, 0.29) is 22.2 Å². The summed E-state index contributed by atoms with van der Waals surface area (Å²) in [5.41, 5.74) is 4.68. The molecule has 0 amide bonds. The number of benzene rings is 2. The smallest absolute Gasteiger partial charge is 0.339 e. The van der Waals surface area contributed by atoms with Crippen molar-refractivity contribution in [1.82, 2.24) is 0 Å². The number of methoxy groups -OCH3 is 1. The van der Waals surface area contributed by atoms with Crippen molar-refractivity contribution in [1.29, 1.82) is 0 Å². The van der Waals surface area contributed by atoms with Gasteiger partial charge in [-0.05, 0) is 87.6 Å². The molecule has 0 aliphatic rings. The maximum atomic E-state index is 13.0. The molecule has 140 valence electrons. The Morgan fingerprint density at radius 1 is 0.846 bits per heavy atom. The second kappa shape index (κ2) is 7.11. The molecule has 0 aliphatic carbocycles. The average Bonchev–Trinajstić information content (AvgIpc) is 2.57. The van der Waals surface area contributed by atoms with Gasteiger partial charge in [-0.15, -0.1) is 0 Å². The molecule has 0 saturated heterocycles. The van der Waals surface area contributed by atoms with Crippen molar-refractivity contribution in [2.24, 2.45) is 0 Å². The molecule has 0 atom stereocenters. The van der Waals surface area contributed by atoms with Crippen molar-refractivity contribution in [3.8, 4) is 11.5 Å². The third-order valence-electron chi connectivity index (χ3n) is 4.95. The summed E-state index contributed by atoms with van der Waals surface area (Å²) in [6.45, 7) is 10.8. The first kappa shape index (κ1) is 20.0. The Hall–Kier alpha value is -2.34. The molecular formula is C20H24O5S. The van der Waals surface area contributed by atoms with Crippen LogP contribution in [-0.2, 0) is 10.1 Å². The lowest BCUT2D eigenvalue weighted by Gasteiger charge is -2.19. The first-order valence-corrected chi connectivity index (χ1v) is 9.62. The van der Waals surface area contributed by atoms with Crippen LogP contribution in [0.25, 0.3) is 0 Å². The van der Waals surface area contributed by atoms with E-state index in [2.05, 4.69) is 0 Å². The minimum atomic E-state index is -4.07. The molecule has 5 nitrogen and oxygen atoms in total. The van der Waals surface area contributed by atoms with Crippen LogP contribution in [0.15, 0.2) is 23.1 Å². The Balaban J connectivity index is 2.60. The van der Waals surface area contributed by atoms with E-state index in [0.717, 1.165) is 16.7 Å². The molecule has 2 aromatic carbocycles. The fourth-order valence-electron chi connectivity index (χ4n) is 2.96. The van der Waals surface area contributed by atoms with E-state index in [0.29, 0.717) is 16.7 Å². The van der Waals surface area contributed by atoms with Crippen molar-refractivity contribution < 1.29 is 22.1 Å². The van der Waals surface area contributed by atoms with Crippen LogP contribution < -0.4 is 8.92 Å². The van der Waals surface area contributed by atoms with Crippen molar-refractivity contribution in [3.05, 3.63) is 51.6 Å². The van der Waals surface area contributed by atoms with Crippen LogP contribution in [0.5, 0.6) is 11.5 Å². The van der Waals surface area contributed by atoms with Crippen molar-refractivity contribution in [2.45, 2.75) is 46.4 Å². The van der Waals surface area contributed by atoms with Gasteiger partial charge < -0.3 is 8.92 Å². The minimum Gasteiger partial charge on any atom is -0.493 e. The Labute approximate surface area is 155 Å². The zero-order valence-corrected chi connectivity index (χ0v) is 17.0. The Kier molecular flexibility index (Phi) is 5.47. The van der Waals surface area contributed by atoms with Gasteiger partial charge in [-0.3, -0.25) is 4.79 Å². The molecule has 0 heterocycles. The normalized spacial score (nSPS) is 11.3. The highest BCUT2D eigenvalue weighted by atomic mass is 32.2. The third-order valence-corrected chi connectivity index (χ3v) is 6.46. The second-order valence-corrected chi connectivity index (χ2v) is 7.90. The third kappa shape index (κ3) is 3.46. The predicted octanol–water partition coefficient (Wildman–Crippen LogP) is 4.21.